The van der Waals surface area contributed by atoms with Crippen LogP contribution in [0.2, 0.25) is 0 Å². The number of ether oxygens (including phenoxy) is 1. The first kappa shape index (κ1) is 14.3. The van der Waals surface area contributed by atoms with Gasteiger partial charge >= 0.3 is 0 Å². The molecule has 0 fully saturated rings. The average molecular weight is 302 g/mol. The minimum absolute atomic E-state index is 0.278. The van der Waals surface area contributed by atoms with Crippen molar-refractivity contribution in [2.24, 2.45) is 0 Å². The van der Waals surface area contributed by atoms with E-state index >= 15 is 0 Å². The lowest BCUT2D eigenvalue weighted by Gasteiger charge is -2.31. The van der Waals surface area contributed by atoms with Crippen LogP contribution in [0.3, 0.4) is 0 Å². The number of carbonyl (C=O) groups excluding carboxylic acids is 1. The maximum absolute atomic E-state index is 13.3. The highest BCUT2D eigenvalue weighted by Crippen LogP contribution is 2.33. The van der Waals surface area contributed by atoms with Gasteiger partial charge in [-0.2, -0.15) is 0 Å². The number of rotatable bonds is 3. The van der Waals surface area contributed by atoms with Crippen LogP contribution in [0.1, 0.15) is 15.9 Å². The second-order valence-electron chi connectivity index (χ2n) is 5.02. The fraction of sp³-hybridized carbons (Fsp3) is 0.188. The molecule has 2 aromatic rings. The molecular weight excluding hydrogens is 287 g/mol. The van der Waals surface area contributed by atoms with E-state index < -0.39 is 5.91 Å². The van der Waals surface area contributed by atoms with Crippen LogP contribution in [0.25, 0.3) is 0 Å². The third kappa shape index (κ3) is 2.87. The summed E-state index contributed by atoms with van der Waals surface area (Å²) in [7, 11) is 0. The van der Waals surface area contributed by atoms with Crippen molar-refractivity contribution in [1.29, 1.82) is 0 Å². The highest BCUT2D eigenvalue weighted by Gasteiger charge is 2.20. The van der Waals surface area contributed by atoms with Crippen LogP contribution in [-0.2, 0) is 6.54 Å². The van der Waals surface area contributed by atoms with E-state index in [-0.39, 0.29) is 5.82 Å². The zero-order chi connectivity index (χ0) is 15.5. The third-order valence-corrected chi connectivity index (χ3v) is 3.54. The van der Waals surface area contributed by atoms with Crippen LogP contribution in [-0.4, -0.2) is 24.3 Å². The predicted molar refractivity (Wildman–Crippen MR) is 78.6 cm³/mol. The van der Waals surface area contributed by atoms with E-state index in [2.05, 4.69) is 0 Å². The Morgan fingerprint density at radius 2 is 2.18 bits per heavy atom. The summed E-state index contributed by atoms with van der Waals surface area (Å²) in [5, 5.41) is 8.74. The van der Waals surface area contributed by atoms with Gasteiger partial charge in [-0.1, -0.05) is 12.1 Å². The number of benzene rings is 2. The second kappa shape index (κ2) is 6.03. The van der Waals surface area contributed by atoms with E-state index in [1.807, 2.05) is 11.0 Å². The van der Waals surface area contributed by atoms with E-state index in [9.17, 15) is 9.18 Å². The second-order valence-corrected chi connectivity index (χ2v) is 5.02. The van der Waals surface area contributed by atoms with Crippen molar-refractivity contribution in [2.75, 3.05) is 18.1 Å². The van der Waals surface area contributed by atoms with Crippen molar-refractivity contribution in [1.82, 2.24) is 5.48 Å². The number of hydrogen-bond acceptors (Lipinski definition) is 4. The summed E-state index contributed by atoms with van der Waals surface area (Å²) in [6, 6.07) is 11.3. The zero-order valence-electron chi connectivity index (χ0n) is 11.8. The van der Waals surface area contributed by atoms with Gasteiger partial charge in [0.2, 0.25) is 0 Å². The van der Waals surface area contributed by atoms with Gasteiger partial charge in [0.1, 0.15) is 18.2 Å². The molecule has 2 N–H and O–H groups in total. The summed E-state index contributed by atoms with van der Waals surface area (Å²) in [6.45, 7) is 1.67. The van der Waals surface area contributed by atoms with Gasteiger partial charge in [-0.05, 0) is 35.9 Å². The molecule has 1 amide bonds. The van der Waals surface area contributed by atoms with Crippen molar-refractivity contribution < 1.29 is 19.1 Å². The number of fused-ring (bicyclic) bond motifs is 1. The largest absolute Gasteiger partial charge is 0.490 e. The molecule has 0 spiro atoms. The molecule has 2 aromatic carbocycles. The Kier molecular flexibility index (Phi) is 3.93. The maximum atomic E-state index is 13.3. The number of amides is 1. The Hall–Kier alpha value is -2.60. The van der Waals surface area contributed by atoms with Crippen LogP contribution in [0.15, 0.2) is 42.5 Å². The molecule has 1 aliphatic rings. The molecule has 0 aromatic heterocycles. The normalized spacial score (nSPS) is 13.3. The molecule has 114 valence electrons. The SMILES string of the molecule is O=C(NO)c1ccc2c(c1)N(Cc1cccc(F)c1)CCO2. The van der Waals surface area contributed by atoms with E-state index in [0.29, 0.717) is 31.0 Å². The summed E-state index contributed by atoms with van der Waals surface area (Å²) in [5.74, 6) is -0.199. The smallest absolute Gasteiger partial charge is 0.274 e. The summed E-state index contributed by atoms with van der Waals surface area (Å²) in [6.07, 6.45) is 0. The number of anilines is 1. The molecule has 5 nitrogen and oxygen atoms in total. The Morgan fingerprint density at radius 1 is 1.32 bits per heavy atom. The van der Waals surface area contributed by atoms with E-state index in [1.54, 1.807) is 29.7 Å². The lowest BCUT2D eigenvalue weighted by Crippen LogP contribution is -2.32. The van der Waals surface area contributed by atoms with Gasteiger partial charge in [-0.25, -0.2) is 9.87 Å². The van der Waals surface area contributed by atoms with Gasteiger partial charge in [-0.15, -0.1) is 0 Å². The highest BCUT2D eigenvalue weighted by molar-refractivity contribution is 5.95. The molecule has 1 aliphatic heterocycles. The van der Waals surface area contributed by atoms with Gasteiger partial charge in [0.25, 0.3) is 5.91 Å². The van der Waals surface area contributed by atoms with Crippen LogP contribution in [0.4, 0.5) is 10.1 Å². The first-order valence-corrected chi connectivity index (χ1v) is 6.88. The monoisotopic (exact) mass is 302 g/mol. The van der Waals surface area contributed by atoms with Crippen molar-refractivity contribution >= 4 is 11.6 Å². The first-order valence-electron chi connectivity index (χ1n) is 6.88. The molecule has 0 bridgehead atoms. The quantitative estimate of drug-likeness (QED) is 0.675. The molecule has 0 aliphatic carbocycles. The van der Waals surface area contributed by atoms with Crippen LogP contribution >= 0.6 is 0 Å². The summed E-state index contributed by atoms with van der Waals surface area (Å²) in [4.78, 5) is 13.6. The third-order valence-electron chi connectivity index (χ3n) is 3.54. The number of carbonyl (C=O) groups is 1. The van der Waals surface area contributed by atoms with E-state index in [4.69, 9.17) is 9.94 Å². The topological polar surface area (TPSA) is 61.8 Å². The fourth-order valence-electron chi connectivity index (χ4n) is 2.50. The molecule has 1 heterocycles. The van der Waals surface area contributed by atoms with Crippen molar-refractivity contribution in [3.05, 3.63) is 59.4 Å². The number of halogens is 1. The molecule has 0 saturated carbocycles. The highest BCUT2D eigenvalue weighted by atomic mass is 19.1. The van der Waals surface area contributed by atoms with Crippen molar-refractivity contribution in [3.8, 4) is 5.75 Å². The maximum Gasteiger partial charge on any atom is 0.274 e. The molecule has 0 radical (unpaired) electrons. The Labute approximate surface area is 126 Å². The van der Waals surface area contributed by atoms with E-state index in [0.717, 1.165) is 11.3 Å². The lowest BCUT2D eigenvalue weighted by atomic mass is 10.1. The van der Waals surface area contributed by atoms with Gasteiger partial charge in [0, 0.05) is 12.1 Å². The Balaban J connectivity index is 1.91. The van der Waals surface area contributed by atoms with Crippen molar-refractivity contribution in [2.45, 2.75) is 6.54 Å². The van der Waals surface area contributed by atoms with Crippen LogP contribution in [0.5, 0.6) is 5.75 Å². The summed E-state index contributed by atoms with van der Waals surface area (Å²) in [5.41, 5.74) is 3.53. The standard InChI is InChI=1S/C16H15FN2O3/c17-13-3-1-2-11(8-13)10-19-6-7-22-15-5-4-12(9-14(15)19)16(20)18-21/h1-5,8-9,21H,6-7,10H2,(H,18,20). The Morgan fingerprint density at radius 3 is 2.95 bits per heavy atom. The first-order chi connectivity index (χ1) is 10.7. The average Bonchev–Trinajstić information content (AvgIpc) is 2.54. The Bertz CT molecular complexity index is 706. The molecule has 6 heteroatoms. The summed E-state index contributed by atoms with van der Waals surface area (Å²) >= 11 is 0. The molecule has 0 unspecified atom stereocenters. The minimum Gasteiger partial charge on any atom is -0.490 e. The lowest BCUT2D eigenvalue weighted by molar-refractivity contribution is 0.0706. The van der Waals surface area contributed by atoms with Crippen molar-refractivity contribution in [3.63, 3.8) is 0 Å². The summed E-state index contributed by atoms with van der Waals surface area (Å²) < 4.78 is 18.9. The number of hydrogen-bond donors (Lipinski definition) is 2. The van der Waals surface area contributed by atoms with Crippen LogP contribution < -0.4 is 15.1 Å². The van der Waals surface area contributed by atoms with Gasteiger partial charge in [-0.3, -0.25) is 10.0 Å². The zero-order valence-corrected chi connectivity index (χ0v) is 11.8. The number of hydroxylamine groups is 1. The van der Waals surface area contributed by atoms with Gasteiger partial charge < -0.3 is 9.64 Å². The molecule has 22 heavy (non-hydrogen) atoms. The number of nitrogens with zero attached hydrogens (tertiary/aromatic N) is 1. The predicted octanol–water partition coefficient (Wildman–Crippen LogP) is 2.34. The molecule has 0 saturated heterocycles. The van der Waals surface area contributed by atoms with Crippen LogP contribution in [0, 0.1) is 5.82 Å². The molecule has 3 rings (SSSR count). The minimum atomic E-state index is -0.584. The number of nitrogens with one attached hydrogen (secondary N) is 1. The van der Waals surface area contributed by atoms with E-state index in [1.165, 1.54) is 12.1 Å². The van der Waals surface area contributed by atoms with Gasteiger partial charge in [0.15, 0.2) is 0 Å². The fourth-order valence-corrected chi connectivity index (χ4v) is 2.50. The van der Waals surface area contributed by atoms with Gasteiger partial charge in [0.05, 0.1) is 12.2 Å². The molecule has 0 atom stereocenters. The molecular formula is C16H15FN2O3.